The van der Waals surface area contributed by atoms with Gasteiger partial charge in [-0.05, 0) is 38.4 Å². The molecular formula is C14H16Cl2F2N4O2. The van der Waals surface area contributed by atoms with Crippen LogP contribution in [0.2, 0.25) is 10.4 Å². The molecule has 0 bridgehead atoms. The summed E-state index contributed by atoms with van der Waals surface area (Å²) < 4.78 is 34.4. The van der Waals surface area contributed by atoms with Crippen LogP contribution < -0.4 is 5.32 Å². The maximum Gasteiger partial charge on any atom is 0.407 e. The molecule has 0 atom stereocenters. The Labute approximate surface area is 147 Å². The van der Waals surface area contributed by atoms with Gasteiger partial charge in [0.2, 0.25) is 5.28 Å². The fraction of sp³-hybridized carbons (Fsp3) is 0.500. The fourth-order valence-electron chi connectivity index (χ4n) is 1.99. The second kappa shape index (κ2) is 6.68. The van der Waals surface area contributed by atoms with Gasteiger partial charge < -0.3 is 14.6 Å². The maximum atomic E-state index is 14.1. The first kappa shape index (κ1) is 18.7. The van der Waals surface area contributed by atoms with E-state index in [0.717, 1.165) is 0 Å². The van der Waals surface area contributed by atoms with E-state index in [9.17, 15) is 13.6 Å². The molecule has 0 aliphatic carbocycles. The summed E-state index contributed by atoms with van der Waals surface area (Å²) in [6.07, 6.45) is 0.496. The number of amides is 1. The Balaban J connectivity index is 2.08. The van der Waals surface area contributed by atoms with Gasteiger partial charge in [0.25, 0.3) is 5.92 Å². The average Bonchev–Trinajstić information content (AvgIpc) is 2.77. The van der Waals surface area contributed by atoms with Crippen molar-refractivity contribution >= 4 is 40.3 Å². The second-order valence-corrected chi connectivity index (χ2v) is 6.87. The number of hydrogen-bond acceptors (Lipinski definition) is 4. The number of alkyl halides is 2. The molecule has 0 saturated carbocycles. The molecule has 0 radical (unpaired) electrons. The molecule has 10 heteroatoms. The third kappa shape index (κ3) is 4.91. The van der Waals surface area contributed by atoms with E-state index in [1.165, 1.54) is 16.8 Å². The van der Waals surface area contributed by atoms with Crippen molar-refractivity contribution in [3.8, 4) is 0 Å². The van der Waals surface area contributed by atoms with Crippen LogP contribution in [0.15, 0.2) is 12.3 Å². The number of hydrogen-bond donors (Lipinski definition) is 1. The highest BCUT2D eigenvalue weighted by atomic mass is 35.5. The van der Waals surface area contributed by atoms with Crippen molar-refractivity contribution in [2.24, 2.45) is 0 Å². The monoisotopic (exact) mass is 380 g/mol. The van der Waals surface area contributed by atoms with Crippen LogP contribution in [0.25, 0.3) is 11.0 Å². The Morgan fingerprint density at radius 3 is 2.62 bits per heavy atom. The lowest BCUT2D eigenvalue weighted by Crippen LogP contribution is -2.41. The number of nitrogens with one attached hydrogen (secondary N) is 1. The van der Waals surface area contributed by atoms with E-state index in [4.69, 9.17) is 27.9 Å². The number of rotatable bonds is 4. The van der Waals surface area contributed by atoms with Crippen molar-refractivity contribution in [2.45, 2.75) is 38.8 Å². The van der Waals surface area contributed by atoms with Crippen LogP contribution in [0.4, 0.5) is 13.6 Å². The number of carbonyl (C=O) groups is 1. The average molecular weight is 381 g/mol. The van der Waals surface area contributed by atoms with Gasteiger partial charge in [-0.2, -0.15) is 0 Å². The number of nitrogens with zero attached hydrogens (tertiary/aromatic N) is 3. The van der Waals surface area contributed by atoms with Crippen molar-refractivity contribution in [3.63, 3.8) is 0 Å². The number of carbonyl (C=O) groups excluding carboxylic acids is 1. The largest absolute Gasteiger partial charge is 0.444 e. The van der Waals surface area contributed by atoms with Gasteiger partial charge >= 0.3 is 6.09 Å². The molecule has 0 spiro atoms. The van der Waals surface area contributed by atoms with E-state index in [2.05, 4.69) is 15.3 Å². The Bertz CT molecular complexity index is 759. The van der Waals surface area contributed by atoms with E-state index >= 15 is 0 Å². The SMILES string of the molecule is CC(C)(C)OC(=O)NCC(F)(F)Cn1ccc2nc(Cl)nc(Cl)c21. The minimum atomic E-state index is -3.23. The lowest BCUT2D eigenvalue weighted by atomic mass is 10.2. The first-order valence-corrected chi connectivity index (χ1v) is 7.75. The standard InChI is InChI=1S/C14H16Cl2F2N4O2/c1-13(2,3)24-12(23)19-6-14(17,18)7-22-5-4-8-9(22)10(15)21-11(16)20-8/h4-5H,6-7H2,1-3H3,(H,19,23). The molecule has 0 aromatic carbocycles. The molecule has 1 N–H and O–H groups in total. The molecule has 6 nitrogen and oxygen atoms in total. The smallest absolute Gasteiger partial charge is 0.407 e. The van der Waals surface area contributed by atoms with Gasteiger partial charge in [-0.25, -0.2) is 23.5 Å². The Kier molecular flexibility index (Phi) is 5.19. The first-order chi connectivity index (χ1) is 11.0. The van der Waals surface area contributed by atoms with Gasteiger partial charge in [0, 0.05) is 6.20 Å². The predicted molar refractivity (Wildman–Crippen MR) is 86.7 cm³/mol. The van der Waals surface area contributed by atoms with Crippen molar-refractivity contribution in [2.75, 3.05) is 6.54 Å². The number of halogens is 4. The molecule has 0 aliphatic heterocycles. The van der Waals surface area contributed by atoms with Crippen LogP contribution in [0.3, 0.4) is 0 Å². The van der Waals surface area contributed by atoms with Crippen LogP contribution >= 0.6 is 23.2 Å². The topological polar surface area (TPSA) is 69.0 Å². The lowest BCUT2D eigenvalue weighted by Gasteiger charge is -2.22. The third-order valence-corrected chi connectivity index (χ3v) is 3.27. The zero-order valence-corrected chi connectivity index (χ0v) is 14.8. The normalized spacial score (nSPS) is 12.5. The molecule has 0 unspecified atom stereocenters. The molecule has 0 aliphatic rings. The van der Waals surface area contributed by atoms with Gasteiger partial charge in [-0.15, -0.1) is 0 Å². The summed E-state index contributed by atoms with van der Waals surface area (Å²) >= 11 is 11.6. The molecule has 2 heterocycles. The highest BCUT2D eigenvalue weighted by molar-refractivity contribution is 6.35. The zero-order chi connectivity index (χ0) is 18.1. The summed E-state index contributed by atoms with van der Waals surface area (Å²) in [7, 11) is 0. The minimum absolute atomic E-state index is 0.0223. The van der Waals surface area contributed by atoms with Gasteiger partial charge in [0.05, 0.1) is 18.6 Å². The number of alkyl carbamates (subject to hydrolysis) is 1. The van der Waals surface area contributed by atoms with Crippen LogP contribution in [-0.4, -0.2) is 38.7 Å². The van der Waals surface area contributed by atoms with E-state index in [1.54, 1.807) is 20.8 Å². The molecule has 2 rings (SSSR count). The fourth-order valence-corrected chi connectivity index (χ4v) is 2.49. The molecule has 0 fully saturated rings. The van der Waals surface area contributed by atoms with E-state index in [1.807, 2.05) is 0 Å². The van der Waals surface area contributed by atoms with Gasteiger partial charge in [-0.1, -0.05) is 11.6 Å². The molecule has 1 amide bonds. The van der Waals surface area contributed by atoms with Crippen molar-refractivity contribution < 1.29 is 18.3 Å². The van der Waals surface area contributed by atoms with Crippen LogP contribution in [-0.2, 0) is 11.3 Å². The summed E-state index contributed by atoms with van der Waals surface area (Å²) in [6.45, 7) is 3.34. The highest BCUT2D eigenvalue weighted by Crippen LogP contribution is 2.26. The summed E-state index contributed by atoms with van der Waals surface area (Å²) in [5.41, 5.74) is -0.158. The third-order valence-electron chi connectivity index (χ3n) is 2.83. The Hall–Kier alpha value is -1.67. The number of fused-ring (bicyclic) bond motifs is 1. The number of ether oxygens (including phenoxy) is 1. The Morgan fingerprint density at radius 2 is 2.00 bits per heavy atom. The predicted octanol–water partition coefficient (Wildman–Crippen LogP) is 3.90. The van der Waals surface area contributed by atoms with Crippen molar-refractivity contribution in [1.29, 1.82) is 0 Å². The van der Waals surface area contributed by atoms with Crippen LogP contribution in [0, 0.1) is 0 Å². The Morgan fingerprint density at radius 1 is 1.33 bits per heavy atom. The van der Waals surface area contributed by atoms with Crippen molar-refractivity contribution in [3.05, 3.63) is 22.7 Å². The second-order valence-electron chi connectivity index (χ2n) is 6.17. The molecule has 2 aromatic rings. The summed E-state index contributed by atoms with van der Waals surface area (Å²) in [5.74, 6) is -3.23. The molecule has 2 aromatic heterocycles. The first-order valence-electron chi connectivity index (χ1n) is 6.99. The quantitative estimate of drug-likeness (QED) is 0.644. The van der Waals surface area contributed by atoms with Crippen LogP contribution in [0.1, 0.15) is 20.8 Å². The van der Waals surface area contributed by atoms with Gasteiger partial charge in [-0.3, -0.25) is 0 Å². The lowest BCUT2D eigenvalue weighted by molar-refractivity contribution is -0.0181. The molecule has 0 saturated heterocycles. The summed E-state index contributed by atoms with van der Waals surface area (Å²) in [6, 6.07) is 1.51. The summed E-state index contributed by atoms with van der Waals surface area (Å²) in [5, 5.41) is 1.97. The molecular weight excluding hydrogens is 365 g/mol. The van der Waals surface area contributed by atoms with Gasteiger partial charge in [0.15, 0.2) is 5.15 Å². The van der Waals surface area contributed by atoms with Gasteiger partial charge in [0.1, 0.15) is 11.1 Å². The minimum Gasteiger partial charge on any atom is -0.444 e. The van der Waals surface area contributed by atoms with E-state index in [0.29, 0.717) is 5.52 Å². The van der Waals surface area contributed by atoms with Crippen molar-refractivity contribution in [1.82, 2.24) is 19.9 Å². The maximum absolute atomic E-state index is 14.1. The number of aromatic nitrogens is 3. The molecule has 24 heavy (non-hydrogen) atoms. The summed E-state index contributed by atoms with van der Waals surface area (Å²) in [4.78, 5) is 19.1. The van der Waals surface area contributed by atoms with Crippen LogP contribution in [0.5, 0.6) is 0 Å². The highest BCUT2D eigenvalue weighted by Gasteiger charge is 2.32. The van der Waals surface area contributed by atoms with E-state index in [-0.39, 0.29) is 16.0 Å². The zero-order valence-electron chi connectivity index (χ0n) is 13.2. The molecule has 132 valence electrons. The van der Waals surface area contributed by atoms with E-state index < -0.39 is 30.7 Å².